The van der Waals surface area contributed by atoms with E-state index >= 15 is 0 Å². The van der Waals surface area contributed by atoms with Gasteiger partial charge in [0.15, 0.2) is 0 Å². The van der Waals surface area contributed by atoms with E-state index in [2.05, 4.69) is 4.98 Å². The van der Waals surface area contributed by atoms with E-state index < -0.39 is 0 Å². The molecule has 0 spiro atoms. The van der Waals surface area contributed by atoms with E-state index in [9.17, 15) is 5.11 Å². The Bertz CT molecular complexity index is 250. The van der Waals surface area contributed by atoms with Crippen LogP contribution in [0.25, 0.3) is 0 Å². The van der Waals surface area contributed by atoms with E-state index in [0.29, 0.717) is 12.1 Å². The Morgan fingerprint density at radius 1 is 1.67 bits per heavy atom. The van der Waals surface area contributed by atoms with Crippen molar-refractivity contribution in [1.82, 2.24) is 4.98 Å². The maximum Gasteiger partial charge on any atom is 0.137 e. The van der Waals surface area contributed by atoms with Gasteiger partial charge in [-0.05, 0) is 18.6 Å². The van der Waals surface area contributed by atoms with Crippen LogP contribution < -0.4 is 5.73 Å². The predicted molar refractivity (Wildman–Crippen MR) is 47.9 cm³/mol. The normalized spacial score (nSPS) is 12.8. The summed E-state index contributed by atoms with van der Waals surface area (Å²) in [5.41, 5.74) is 6.41. The van der Waals surface area contributed by atoms with Gasteiger partial charge in [0, 0.05) is 18.7 Å². The summed E-state index contributed by atoms with van der Waals surface area (Å²) in [5.74, 6) is 0.237. The monoisotopic (exact) mass is 166 g/mol. The number of rotatable bonds is 3. The molecule has 0 aliphatic rings. The molecule has 1 heterocycles. The molecule has 0 fully saturated rings. The molecule has 0 saturated heterocycles. The number of nitrogens with zero attached hydrogens (tertiary/aromatic N) is 1. The molecule has 0 saturated carbocycles. The van der Waals surface area contributed by atoms with E-state index in [0.717, 1.165) is 6.42 Å². The van der Waals surface area contributed by atoms with Crippen molar-refractivity contribution in [2.24, 2.45) is 5.73 Å². The third-order valence-corrected chi connectivity index (χ3v) is 1.85. The second-order valence-corrected chi connectivity index (χ2v) is 2.84. The van der Waals surface area contributed by atoms with Crippen molar-refractivity contribution >= 4 is 0 Å². The Kier molecular flexibility index (Phi) is 3.05. The summed E-state index contributed by atoms with van der Waals surface area (Å²) in [6.45, 7) is 2.02. The number of pyridine rings is 1. The molecule has 3 N–H and O–H groups in total. The molecular formula is C9H14N2O. The predicted octanol–water partition coefficient (Wildman–Crippen LogP) is 1.07. The molecule has 0 radical (unpaired) electrons. The Labute approximate surface area is 72.2 Å². The third-order valence-electron chi connectivity index (χ3n) is 1.85. The van der Waals surface area contributed by atoms with Gasteiger partial charge in [0.1, 0.15) is 5.75 Å². The summed E-state index contributed by atoms with van der Waals surface area (Å²) < 4.78 is 0. The Balaban J connectivity index is 2.69. The number of hydrogen-bond donors (Lipinski definition) is 2. The lowest BCUT2D eigenvalue weighted by atomic mass is 10.1. The van der Waals surface area contributed by atoms with E-state index in [1.165, 1.54) is 0 Å². The zero-order valence-corrected chi connectivity index (χ0v) is 7.20. The smallest absolute Gasteiger partial charge is 0.137 e. The van der Waals surface area contributed by atoms with Gasteiger partial charge >= 0.3 is 0 Å². The number of aromatic hydroxyl groups is 1. The molecule has 0 aliphatic heterocycles. The summed E-state index contributed by atoms with van der Waals surface area (Å²) >= 11 is 0. The highest BCUT2D eigenvalue weighted by molar-refractivity contribution is 5.25. The molecule has 12 heavy (non-hydrogen) atoms. The molecule has 3 heteroatoms. The molecule has 3 nitrogen and oxygen atoms in total. The molecule has 66 valence electrons. The molecular weight excluding hydrogens is 152 g/mol. The second-order valence-electron chi connectivity index (χ2n) is 2.84. The average molecular weight is 166 g/mol. The van der Waals surface area contributed by atoms with Crippen molar-refractivity contribution in [3.05, 3.63) is 24.0 Å². The lowest BCUT2D eigenvalue weighted by Crippen LogP contribution is -2.21. The van der Waals surface area contributed by atoms with Gasteiger partial charge in [-0.1, -0.05) is 6.92 Å². The zero-order chi connectivity index (χ0) is 8.97. The van der Waals surface area contributed by atoms with Crippen LogP contribution in [0.15, 0.2) is 18.3 Å². The highest BCUT2D eigenvalue weighted by Gasteiger charge is 2.05. The standard InChI is InChI=1S/C9H14N2O/c1-2-7(10)6-8-9(12)4-3-5-11-8/h3-5,7,12H,2,6,10H2,1H3. The van der Waals surface area contributed by atoms with Crippen LogP contribution in [-0.4, -0.2) is 16.1 Å². The van der Waals surface area contributed by atoms with Crippen molar-refractivity contribution < 1.29 is 5.11 Å². The molecule has 0 amide bonds. The van der Waals surface area contributed by atoms with E-state index in [1.807, 2.05) is 6.92 Å². The molecule has 0 bridgehead atoms. The van der Waals surface area contributed by atoms with E-state index in [1.54, 1.807) is 18.3 Å². The summed E-state index contributed by atoms with van der Waals surface area (Å²) in [4.78, 5) is 4.04. The molecule has 1 unspecified atom stereocenters. The van der Waals surface area contributed by atoms with Crippen LogP contribution in [0.4, 0.5) is 0 Å². The van der Waals surface area contributed by atoms with Gasteiger partial charge in [-0.15, -0.1) is 0 Å². The minimum atomic E-state index is 0.0887. The van der Waals surface area contributed by atoms with Crippen molar-refractivity contribution in [1.29, 1.82) is 0 Å². The largest absolute Gasteiger partial charge is 0.506 e. The molecule has 1 rings (SSSR count). The third kappa shape index (κ3) is 2.20. The first-order valence-corrected chi connectivity index (χ1v) is 4.12. The van der Waals surface area contributed by atoms with Gasteiger partial charge in [0.2, 0.25) is 0 Å². The topological polar surface area (TPSA) is 59.1 Å². The highest BCUT2D eigenvalue weighted by Crippen LogP contribution is 2.14. The lowest BCUT2D eigenvalue weighted by Gasteiger charge is -2.08. The lowest BCUT2D eigenvalue weighted by molar-refractivity contribution is 0.459. The van der Waals surface area contributed by atoms with Crippen LogP contribution in [0.2, 0.25) is 0 Å². The first-order chi connectivity index (χ1) is 5.74. The van der Waals surface area contributed by atoms with Gasteiger partial charge in [-0.25, -0.2) is 0 Å². The number of hydrogen-bond acceptors (Lipinski definition) is 3. The first-order valence-electron chi connectivity index (χ1n) is 4.12. The van der Waals surface area contributed by atoms with Crippen LogP contribution in [0.3, 0.4) is 0 Å². The van der Waals surface area contributed by atoms with E-state index in [-0.39, 0.29) is 11.8 Å². The Morgan fingerprint density at radius 2 is 2.42 bits per heavy atom. The Morgan fingerprint density at radius 3 is 3.00 bits per heavy atom. The first kappa shape index (κ1) is 9.00. The van der Waals surface area contributed by atoms with Crippen molar-refractivity contribution in [3.63, 3.8) is 0 Å². The molecule has 1 aromatic rings. The quantitative estimate of drug-likeness (QED) is 0.706. The fourth-order valence-corrected chi connectivity index (χ4v) is 0.979. The van der Waals surface area contributed by atoms with Crippen LogP contribution in [0, 0.1) is 0 Å². The summed E-state index contributed by atoms with van der Waals surface area (Å²) in [7, 11) is 0. The summed E-state index contributed by atoms with van der Waals surface area (Å²) in [5, 5.41) is 9.34. The molecule has 1 atom stereocenters. The van der Waals surface area contributed by atoms with Crippen LogP contribution in [0.5, 0.6) is 5.75 Å². The average Bonchev–Trinajstić information content (AvgIpc) is 2.09. The van der Waals surface area contributed by atoms with Gasteiger partial charge in [-0.2, -0.15) is 0 Å². The number of aromatic nitrogens is 1. The maximum atomic E-state index is 9.34. The minimum Gasteiger partial charge on any atom is -0.506 e. The fraction of sp³-hybridized carbons (Fsp3) is 0.444. The van der Waals surface area contributed by atoms with Crippen molar-refractivity contribution in [3.8, 4) is 5.75 Å². The summed E-state index contributed by atoms with van der Waals surface area (Å²) in [6, 6.07) is 3.42. The van der Waals surface area contributed by atoms with Crippen LogP contribution in [-0.2, 0) is 6.42 Å². The van der Waals surface area contributed by atoms with Crippen LogP contribution in [0.1, 0.15) is 19.0 Å². The molecule has 1 aromatic heterocycles. The van der Waals surface area contributed by atoms with Crippen molar-refractivity contribution in [2.75, 3.05) is 0 Å². The zero-order valence-electron chi connectivity index (χ0n) is 7.20. The summed E-state index contributed by atoms with van der Waals surface area (Å²) in [6.07, 6.45) is 3.20. The maximum absolute atomic E-state index is 9.34. The second kappa shape index (κ2) is 4.07. The molecule has 0 aromatic carbocycles. The van der Waals surface area contributed by atoms with Gasteiger partial charge < -0.3 is 10.8 Å². The van der Waals surface area contributed by atoms with Gasteiger partial charge in [0.05, 0.1) is 5.69 Å². The van der Waals surface area contributed by atoms with Crippen molar-refractivity contribution in [2.45, 2.75) is 25.8 Å². The fourth-order valence-electron chi connectivity index (χ4n) is 0.979. The van der Waals surface area contributed by atoms with E-state index in [4.69, 9.17) is 5.73 Å². The SMILES string of the molecule is CCC(N)Cc1ncccc1O. The minimum absolute atomic E-state index is 0.0887. The highest BCUT2D eigenvalue weighted by atomic mass is 16.3. The molecule has 0 aliphatic carbocycles. The van der Waals surface area contributed by atoms with Crippen LogP contribution >= 0.6 is 0 Å². The van der Waals surface area contributed by atoms with Gasteiger partial charge in [-0.3, -0.25) is 4.98 Å². The number of nitrogens with two attached hydrogens (primary N) is 1. The Hall–Kier alpha value is -1.09. The van der Waals surface area contributed by atoms with Gasteiger partial charge in [0.25, 0.3) is 0 Å².